The predicted octanol–water partition coefficient (Wildman–Crippen LogP) is 2.50. The fourth-order valence-corrected chi connectivity index (χ4v) is 5.03. The maximum atomic E-state index is 13.3. The minimum Gasteiger partial charge on any atom is -0.444 e. The van der Waals surface area contributed by atoms with Crippen molar-refractivity contribution in [2.24, 2.45) is 5.92 Å². The Bertz CT molecular complexity index is 1060. The van der Waals surface area contributed by atoms with Gasteiger partial charge in [0.05, 0.1) is 17.4 Å². The third-order valence-electron chi connectivity index (χ3n) is 5.80. The summed E-state index contributed by atoms with van der Waals surface area (Å²) in [6.07, 6.45) is 0.741. The van der Waals surface area contributed by atoms with Gasteiger partial charge in [-0.25, -0.2) is 9.78 Å². The Morgan fingerprint density at radius 3 is 2.86 bits per heavy atom. The summed E-state index contributed by atoms with van der Waals surface area (Å²) in [5, 5.41) is 2.88. The van der Waals surface area contributed by atoms with Crippen LogP contribution in [-0.2, 0) is 15.1 Å². The van der Waals surface area contributed by atoms with E-state index < -0.39 is 11.2 Å². The molecule has 5 rings (SSSR count). The van der Waals surface area contributed by atoms with E-state index in [2.05, 4.69) is 31.0 Å². The zero-order valence-electron chi connectivity index (χ0n) is 16.2. The van der Waals surface area contributed by atoms with E-state index in [0.717, 1.165) is 6.42 Å². The normalized spacial score (nSPS) is 31.2. The van der Waals surface area contributed by atoms with E-state index >= 15 is 0 Å². The molecule has 1 amide bonds. The molecule has 3 aliphatic rings. The van der Waals surface area contributed by atoms with Gasteiger partial charge in [0.15, 0.2) is 4.73 Å². The van der Waals surface area contributed by atoms with E-state index in [1.165, 1.54) is 4.52 Å². The molecule has 1 aliphatic carbocycles. The first-order valence-electron chi connectivity index (χ1n) is 9.47. The molecule has 2 aromatic rings. The summed E-state index contributed by atoms with van der Waals surface area (Å²) in [6.45, 7) is 7.98. The minimum atomic E-state index is -0.708. The van der Waals surface area contributed by atoms with Crippen LogP contribution in [0.15, 0.2) is 9.53 Å². The summed E-state index contributed by atoms with van der Waals surface area (Å²) >= 11 is 3.26. The number of aromatic nitrogens is 4. The molecule has 0 aromatic carbocycles. The Morgan fingerprint density at radius 2 is 2.14 bits per heavy atom. The molecule has 4 heterocycles. The fraction of sp³-hybridized carbons (Fsp3) is 0.667. The zero-order chi connectivity index (χ0) is 20.0. The third-order valence-corrected chi connectivity index (χ3v) is 6.15. The lowest BCUT2D eigenvalue weighted by Gasteiger charge is -2.38. The molecular weight excluding hydrogens is 430 g/mol. The molecule has 28 heavy (non-hydrogen) atoms. The number of amides is 1. The highest BCUT2D eigenvalue weighted by molar-refractivity contribution is 9.10. The van der Waals surface area contributed by atoms with Gasteiger partial charge in [-0.05, 0) is 56.5 Å². The number of halogens is 1. The third kappa shape index (κ3) is 2.46. The molecule has 10 heteroatoms. The van der Waals surface area contributed by atoms with Gasteiger partial charge < -0.3 is 14.4 Å². The average molecular weight is 452 g/mol. The number of carbonyl (C=O) groups excluding carboxylic acids is 1. The van der Waals surface area contributed by atoms with Gasteiger partial charge in [0, 0.05) is 18.5 Å². The molecule has 1 saturated heterocycles. The van der Waals surface area contributed by atoms with Gasteiger partial charge in [-0.3, -0.25) is 9.89 Å². The second-order valence-corrected chi connectivity index (χ2v) is 9.56. The molecule has 4 unspecified atom stereocenters. The van der Waals surface area contributed by atoms with Gasteiger partial charge in [-0.2, -0.15) is 9.50 Å². The molecule has 2 aromatic heterocycles. The van der Waals surface area contributed by atoms with Crippen molar-refractivity contribution in [1.29, 1.82) is 0 Å². The standard InChI is InChI=1S/C18H22BrN5O4/c1-8-12-11(13(25)24-15(20-12)21-14(19)22-24)18(27-8)5-6-23(10-7-9(10)18)16(26)28-17(2,3)4/h8-10H,5-7H2,1-4H3,(H,20,21,22). The van der Waals surface area contributed by atoms with Gasteiger partial charge in [0.2, 0.25) is 0 Å². The molecule has 150 valence electrons. The van der Waals surface area contributed by atoms with E-state index in [-0.39, 0.29) is 29.7 Å². The van der Waals surface area contributed by atoms with Crippen molar-refractivity contribution in [2.75, 3.05) is 6.54 Å². The quantitative estimate of drug-likeness (QED) is 0.659. The maximum Gasteiger partial charge on any atom is 0.410 e. The van der Waals surface area contributed by atoms with Crippen LogP contribution in [0.5, 0.6) is 0 Å². The van der Waals surface area contributed by atoms with E-state index in [0.29, 0.717) is 34.7 Å². The molecule has 0 radical (unpaired) electrons. The molecule has 1 N–H and O–H groups in total. The Morgan fingerprint density at radius 1 is 1.39 bits per heavy atom. The van der Waals surface area contributed by atoms with E-state index in [1.54, 1.807) is 4.90 Å². The van der Waals surface area contributed by atoms with Crippen molar-refractivity contribution in [3.63, 3.8) is 0 Å². The van der Waals surface area contributed by atoms with Crippen LogP contribution in [0.3, 0.4) is 0 Å². The SMILES string of the molecule is CC1OC2(CCN(C(=O)OC(C)(C)C)C3CC32)c2c1nc1nc(Br)[nH]n1c2=O. The lowest BCUT2D eigenvalue weighted by atomic mass is 9.84. The number of carbonyl (C=O) groups is 1. The summed E-state index contributed by atoms with van der Waals surface area (Å²) in [6, 6.07) is 0.0235. The number of hydrogen-bond acceptors (Lipinski definition) is 6. The van der Waals surface area contributed by atoms with Gasteiger partial charge in [-0.1, -0.05) is 0 Å². The van der Waals surface area contributed by atoms with Gasteiger partial charge in [0.25, 0.3) is 11.3 Å². The average Bonchev–Trinajstić information content (AvgIpc) is 3.22. The van der Waals surface area contributed by atoms with Crippen LogP contribution in [0.4, 0.5) is 4.79 Å². The predicted molar refractivity (Wildman–Crippen MR) is 102 cm³/mol. The second-order valence-electron chi connectivity index (χ2n) is 8.81. The first-order valence-corrected chi connectivity index (χ1v) is 10.3. The monoisotopic (exact) mass is 451 g/mol. The van der Waals surface area contributed by atoms with E-state index in [9.17, 15) is 9.59 Å². The smallest absolute Gasteiger partial charge is 0.410 e. The number of fused-ring (bicyclic) bond motifs is 5. The largest absolute Gasteiger partial charge is 0.444 e. The topological polar surface area (TPSA) is 102 Å². The van der Waals surface area contributed by atoms with Gasteiger partial charge in [0.1, 0.15) is 11.2 Å². The molecular formula is C18H22BrN5O4. The molecule has 1 spiro atoms. The lowest BCUT2D eigenvalue weighted by molar-refractivity contribution is -0.112. The molecule has 1 saturated carbocycles. The van der Waals surface area contributed by atoms with Crippen LogP contribution in [-0.4, -0.2) is 48.8 Å². The van der Waals surface area contributed by atoms with Crippen LogP contribution in [0.25, 0.3) is 5.78 Å². The summed E-state index contributed by atoms with van der Waals surface area (Å²) in [4.78, 5) is 36.4. The number of rotatable bonds is 0. The van der Waals surface area contributed by atoms with E-state index in [4.69, 9.17) is 9.47 Å². The molecule has 4 atom stereocenters. The second kappa shape index (κ2) is 5.56. The van der Waals surface area contributed by atoms with Gasteiger partial charge in [-0.15, -0.1) is 0 Å². The Hall–Kier alpha value is -1.94. The first kappa shape index (κ1) is 18.1. The number of likely N-dealkylation sites (tertiary alicyclic amines) is 1. The number of piperidine rings is 1. The van der Waals surface area contributed by atoms with Crippen LogP contribution in [0.1, 0.15) is 57.9 Å². The molecule has 0 bridgehead atoms. The zero-order valence-corrected chi connectivity index (χ0v) is 17.7. The van der Waals surface area contributed by atoms with Gasteiger partial charge >= 0.3 is 6.09 Å². The highest BCUT2D eigenvalue weighted by atomic mass is 79.9. The fourth-order valence-electron chi connectivity index (χ4n) is 4.70. The highest BCUT2D eigenvalue weighted by Crippen LogP contribution is 2.60. The number of ether oxygens (including phenoxy) is 2. The Labute approximate surface area is 169 Å². The van der Waals surface area contributed by atoms with Crippen molar-refractivity contribution < 1.29 is 14.3 Å². The summed E-state index contributed by atoms with van der Waals surface area (Å²) in [5.74, 6) is 0.387. The van der Waals surface area contributed by atoms with Crippen molar-refractivity contribution in [3.05, 3.63) is 26.3 Å². The highest BCUT2D eigenvalue weighted by Gasteiger charge is 2.65. The Balaban J connectivity index is 1.53. The van der Waals surface area contributed by atoms with Crippen LogP contribution >= 0.6 is 15.9 Å². The van der Waals surface area contributed by atoms with E-state index in [1.807, 2.05) is 27.7 Å². The number of nitrogens with zero attached hydrogens (tertiary/aromatic N) is 4. The molecule has 2 aliphatic heterocycles. The van der Waals surface area contributed by atoms with Crippen molar-refractivity contribution in [2.45, 2.75) is 63.9 Å². The first-order chi connectivity index (χ1) is 13.1. The molecule has 9 nitrogen and oxygen atoms in total. The molecule has 2 fully saturated rings. The maximum absolute atomic E-state index is 13.3. The number of nitrogens with one attached hydrogen (secondary N) is 1. The van der Waals surface area contributed by atoms with Crippen LogP contribution in [0.2, 0.25) is 0 Å². The number of aromatic amines is 1. The number of hydrogen-bond donors (Lipinski definition) is 1. The summed E-state index contributed by atoms with van der Waals surface area (Å²) in [7, 11) is 0. The number of H-pyrrole nitrogens is 1. The van der Waals surface area contributed by atoms with Crippen molar-refractivity contribution in [3.8, 4) is 0 Å². The van der Waals surface area contributed by atoms with Crippen molar-refractivity contribution >= 4 is 27.8 Å². The van der Waals surface area contributed by atoms with Crippen molar-refractivity contribution in [1.82, 2.24) is 24.5 Å². The summed E-state index contributed by atoms with van der Waals surface area (Å²) in [5.41, 5.74) is -0.172. The minimum absolute atomic E-state index is 0.0235. The van der Waals surface area contributed by atoms with Crippen LogP contribution in [0, 0.1) is 5.92 Å². The Kier molecular flexibility index (Phi) is 3.60. The lowest BCUT2D eigenvalue weighted by Crippen LogP contribution is -2.49. The van der Waals surface area contributed by atoms with Crippen LogP contribution < -0.4 is 5.56 Å². The summed E-state index contributed by atoms with van der Waals surface area (Å²) < 4.78 is 13.7.